The maximum Gasteiger partial charge on any atom is 0.316 e. The van der Waals surface area contributed by atoms with Crippen molar-refractivity contribution in [1.29, 1.82) is 0 Å². The van der Waals surface area contributed by atoms with Gasteiger partial charge in [0.15, 0.2) is 23.0 Å². The Hall–Kier alpha value is -3.22. The second-order valence-corrected chi connectivity index (χ2v) is 7.03. The predicted molar refractivity (Wildman–Crippen MR) is 95.7 cm³/mol. The predicted octanol–water partition coefficient (Wildman–Crippen LogP) is 2.77. The number of esters is 1. The lowest BCUT2D eigenvalue weighted by Gasteiger charge is -2.24. The number of carbonyl (C=O) groups is 2. The van der Waals surface area contributed by atoms with E-state index in [0.717, 1.165) is 11.1 Å². The van der Waals surface area contributed by atoms with E-state index < -0.39 is 11.9 Å². The quantitative estimate of drug-likeness (QED) is 0.596. The first-order valence-corrected chi connectivity index (χ1v) is 9.05. The van der Waals surface area contributed by atoms with Crippen molar-refractivity contribution >= 4 is 11.8 Å². The third kappa shape index (κ3) is 2.58. The summed E-state index contributed by atoms with van der Waals surface area (Å²) in [5.41, 5.74) is 1.76. The molecule has 0 spiro atoms. The van der Waals surface area contributed by atoms with Crippen LogP contribution < -0.4 is 18.9 Å². The van der Waals surface area contributed by atoms with Crippen LogP contribution in [-0.2, 0) is 14.3 Å². The van der Waals surface area contributed by atoms with Crippen LogP contribution in [-0.4, -0.2) is 32.4 Å². The molecule has 2 aliphatic heterocycles. The molecule has 5 rings (SSSR count). The fourth-order valence-corrected chi connectivity index (χ4v) is 4.32. The molecule has 7 nitrogen and oxygen atoms in total. The molecule has 3 aliphatic rings. The van der Waals surface area contributed by atoms with Crippen LogP contribution in [0.5, 0.6) is 23.0 Å². The van der Waals surface area contributed by atoms with E-state index >= 15 is 0 Å². The number of benzene rings is 2. The van der Waals surface area contributed by atoms with Gasteiger partial charge in [0.2, 0.25) is 13.6 Å². The topological polar surface area (TPSA) is 80.3 Å². The maximum atomic E-state index is 12.8. The number of hydrogen-bond donors (Lipinski definition) is 0. The van der Waals surface area contributed by atoms with Crippen molar-refractivity contribution in [3.63, 3.8) is 0 Å². The van der Waals surface area contributed by atoms with E-state index in [0.29, 0.717) is 23.0 Å². The summed E-state index contributed by atoms with van der Waals surface area (Å²) in [4.78, 5) is 25.3. The number of fused-ring (bicyclic) bond motifs is 2. The molecule has 0 saturated heterocycles. The maximum absolute atomic E-state index is 12.8. The normalized spacial score (nSPS) is 24.5. The van der Waals surface area contributed by atoms with Gasteiger partial charge in [-0.2, -0.15) is 0 Å². The van der Waals surface area contributed by atoms with Gasteiger partial charge in [-0.1, -0.05) is 12.1 Å². The van der Waals surface area contributed by atoms with Crippen LogP contribution in [0.1, 0.15) is 29.4 Å². The average Bonchev–Trinajstić information content (AvgIpc) is 3.43. The van der Waals surface area contributed by atoms with Crippen molar-refractivity contribution in [2.24, 2.45) is 5.92 Å². The Balaban J connectivity index is 1.59. The monoisotopic (exact) mass is 382 g/mol. The second kappa shape index (κ2) is 6.44. The molecular formula is C21H18O7. The van der Waals surface area contributed by atoms with Gasteiger partial charge in [0.05, 0.1) is 7.11 Å². The van der Waals surface area contributed by atoms with Crippen LogP contribution in [0, 0.1) is 5.92 Å². The molecule has 1 aliphatic carbocycles. The molecule has 0 radical (unpaired) electrons. The molecule has 0 bridgehead atoms. The summed E-state index contributed by atoms with van der Waals surface area (Å²) >= 11 is 0. The third-order valence-electron chi connectivity index (χ3n) is 5.62. The lowest BCUT2D eigenvalue weighted by Crippen LogP contribution is -2.26. The van der Waals surface area contributed by atoms with Gasteiger partial charge in [-0.15, -0.1) is 0 Å². The van der Waals surface area contributed by atoms with Gasteiger partial charge in [0.1, 0.15) is 11.7 Å². The Morgan fingerprint density at radius 2 is 1.46 bits per heavy atom. The largest absolute Gasteiger partial charge is 0.468 e. The van der Waals surface area contributed by atoms with Crippen LogP contribution in [0.3, 0.4) is 0 Å². The summed E-state index contributed by atoms with van der Waals surface area (Å²) in [6.07, 6.45) is 0.249. The molecule has 2 aromatic rings. The number of Topliss-reactive ketones (excluding diaryl/α,β-unsaturated/α-hetero) is 1. The smallest absolute Gasteiger partial charge is 0.316 e. The molecule has 1 saturated carbocycles. The zero-order valence-electron chi connectivity index (χ0n) is 15.2. The van der Waals surface area contributed by atoms with Crippen LogP contribution in [0.4, 0.5) is 0 Å². The van der Waals surface area contributed by atoms with E-state index in [2.05, 4.69) is 0 Å². The number of rotatable bonds is 3. The van der Waals surface area contributed by atoms with Crippen molar-refractivity contribution in [1.82, 2.24) is 0 Å². The molecule has 28 heavy (non-hydrogen) atoms. The molecule has 1 fully saturated rings. The van der Waals surface area contributed by atoms with Crippen molar-refractivity contribution in [3.8, 4) is 23.0 Å². The lowest BCUT2D eigenvalue weighted by atomic mass is 9.79. The van der Waals surface area contributed by atoms with E-state index in [4.69, 9.17) is 23.7 Å². The molecule has 2 aromatic carbocycles. The molecule has 7 heteroatoms. The van der Waals surface area contributed by atoms with Crippen LogP contribution in [0.2, 0.25) is 0 Å². The highest BCUT2D eigenvalue weighted by atomic mass is 16.7. The van der Waals surface area contributed by atoms with Gasteiger partial charge in [-0.05, 0) is 41.3 Å². The summed E-state index contributed by atoms with van der Waals surface area (Å²) < 4.78 is 26.7. The molecule has 0 amide bonds. The minimum Gasteiger partial charge on any atom is -0.468 e. The number of hydrogen-bond acceptors (Lipinski definition) is 7. The number of carbonyl (C=O) groups excluding carboxylic acids is 2. The zero-order chi connectivity index (χ0) is 19.3. The van der Waals surface area contributed by atoms with Crippen molar-refractivity contribution < 1.29 is 33.3 Å². The first-order chi connectivity index (χ1) is 13.7. The summed E-state index contributed by atoms with van der Waals surface area (Å²) in [5.74, 6) is 0.538. The van der Waals surface area contributed by atoms with E-state index in [9.17, 15) is 9.59 Å². The number of methoxy groups -OCH3 is 1. The molecule has 3 atom stereocenters. The summed E-state index contributed by atoms with van der Waals surface area (Å²) in [6, 6.07) is 11.2. The highest BCUT2D eigenvalue weighted by Gasteiger charge is 2.49. The molecule has 144 valence electrons. The van der Waals surface area contributed by atoms with Gasteiger partial charge in [0.25, 0.3) is 0 Å². The second-order valence-electron chi connectivity index (χ2n) is 7.03. The molecule has 2 heterocycles. The van der Waals surface area contributed by atoms with Gasteiger partial charge in [-0.3, -0.25) is 9.59 Å². The van der Waals surface area contributed by atoms with Gasteiger partial charge in [-0.25, -0.2) is 0 Å². The third-order valence-corrected chi connectivity index (χ3v) is 5.62. The Kier molecular flexibility index (Phi) is 3.89. The molecule has 0 N–H and O–H groups in total. The highest BCUT2D eigenvalue weighted by Crippen LogP contribution is 2.51. The minimum absolute atomic E-state index is 0.128. The Bertz CT molecular complexity index is 967. The van der Waals surface area contributed by atoms with E-state index in [1.54, 1.807) is 0 Å². The average molecular weight is 382 g/mol. The fraction of sp³-hybridized carbons (Fsp3) is 0.333. The Morgan fingerprint density at radius 3 is 2.11 bits per heavy atom. The first kappa shape index (κ1) is 16.9. The first-order valence-electron chi connectivity index (χ1n) is 9.05. The van der Waals surface area contributed by atoms with Gasteiger partial charge < -0.3 is 23.7 Å². The fourth-order valence-electron chi connectivity index (χ4n) is 4.32. The minimum atomic E-state index is -0.860. The van der Waals surface area contributed by atoms with Crippen molar-refractivity contribution in [2.75, 3.05) is 20.7 Å². The van der Waals surface area contributed by atoms with E-state index in [1.807, 2.05) is 36.4 Å². The molecule has 0 aromatic heterocycles. The molecule has 0 unspecified atom stereocenters. The SMILES string of the molecule is COC(=O)[C@@H]1C(=O)C[C@@H](c2ccc3c(c2)OCO3)[C@H]1c1ccc2c(c1)OCO2. The summed E-state index contributed by atoms with van der Waals surface area (Å²) in [7, 11) is 1.31. The lowest BCUT2D eigenvalue weighted by molar-refractivity contribution is -0.148. The van der Waals surface area contributed by atoms with Gasteiger partial charge >= 0.3 is 5.97 Å². The Labute approximate surface area is 161 Å². The number of ether oxygens (including phenoxy) is 5. The van der Waals surface area contributed by atoms with E-state index in [1.165, 1.54) is 7.11 Å². The van der Waals surface area contributed by atoms with Crippen LogP contribution >= 0.6 is 0 Å². The summed E-state index contributed by atoms with van der Waals surface area (Å²) in [5, 5.41) is 0. The standard InChI is InChI=1S/C21H18O7/c1-24-21(23)20-14(22)8-13(11-2-4-15-17(6-11)27-9-25-15)19(20)12-3-5-16-18(7-12)28-10-26-16/h2-7,13,19-20H,8-10H2,1H3/t13-,19+,20+/m0/s1. The van der Waals surface area contributed by atoms with Gasteiger partial charge in [0, 0.05) is 12.3 Å². The number of ketones is 1. The van der Waals surface area contributed by atoms with Crippen molar-refractivity contribution in [3.05, 3.63) is 47.5 Å². The zero-order valence-corrected chi connectivity index (χ0v) is 15.2. The highest BCUT2D eigenvalue weighted by molar-refractivity contribution is 6.02. The molecular weight excluding hydrogens is 364 g/mol. The Morgan fingerprint density at radius 1 is 0.893 bits per heavy atom. The van der Waals surface area contributed by atoms with Crippen LogP contribution in [0.25, 0.3) is 0 Å². The van der Waals surface area contributed by atoms with Crippen LogP contribution in [0.15, 0.2) is 36.4 Å². The van der Waals surface area contributed by atoms with Crippen molar-refractivity contribution in [2.45, 2.75) is 18.3 Å². The summed E-state index contributed by atoms with van der Waals surface area (Å²) in [6.45, 7) is 0.340. The van der Waals surface area contributed by atoms with E-state index in [-0.39, 0.29) is 37.6 Å².